The first-order valence-electron chi connectivity index (χ1n) is 8.93. The lowest BCUT2D eigenvalue weighted by Crippen LogP contribution is -2.30. The molecule has 0 aliphatic heterocycles. The fourth-order valence-corrected chi connectivity index (χ4v) is 2.54. The van der Waals surface area contributed by atoms with Gasteiger partial charge in [-0.15, -0.1) is 0 Å². The Morgan fingerprint density at radius 1 is 0.964 bits per heavy atom. The molecule has 3 aromatic carbocycles. The first kappa shape index (κ1) is 19.2. The smallest absolute Gasteiger partial charge is 0.265 e. The van der Waals surface area contributed by atoms with Crippen LogP contribution in [0.2, 0.25) is 0 Å². The third kappa shape index (κ3) is 5.45. The number of anilines is 1. The maximum absolute atomic E-state index is 12.3. The van der Waals surface area contributed by atoms with Gasteiger partial charge in [0.1, 0.15) is 24.4 Å². The van der Waals surface area contributed by atoms with Crippen molar-refractivity contribution in [2.75, 3.05) is 5.32 Å². The SMILES string of the molecule is C[C@@H](Oc1cccc(C=O)c1)C(=O)Nc1ccc(OCc2ccccc2)cc1. The Kier molecular flexibility index (Phi) is 6.41. The summed E-state index contributed by atoms with van der Waals surface area (Å²) in [7, 11) is 0. The van der Waals surface area contributed by atoms with Crippen LogP contribution in [0.15, 0.2) is 78.9 Å². The Labute approximate surface area is 163 Å². The molecule has 1 amide bonds. The van der Waals surface area contributed by atoms with Gasteiger partial charge in [0, 0.05) is 11.3 Å². The van der Waals surface area contributed by atoms with Gasteiger partial charge in [0.25, 0.3) is 5.91 Å². The second kappa shape index (κ2) is 9.37. The fourth-order valence-electron chi connectivity index (χ4n) is 2.54. The molecule has 0 spiro atoms. The summed E-state index contributed by atoms with van der Waals surface area (Å²) in [5, 5.41) is 2.80. The number of hydrogen-bond donors (Lipinski definition) is 1. The Bertz CT molecular complexity index is 923. The van der Waals surface area contributed by atoms with Gasteiger partial charge in [-0.05, 0) is 48.9 Å². The molecule has 0 unspecified atom stereocenters. The molecule has 142 valence electrons. The summed E-state index contributed by atoms with van der Waals surface area (Å²) in [5.74, 6) is 0.906. The van der Waals surface area contributed by atoms with Crippen LogP contribution >= 0.6 is 0 Å². The minimum Gasteiger partial charge on any atom is -0.489 e. The quantitative estimate of drug-likeness (QED) is 0.590. The van der Waals surface area contributed by atoms with Crippen LogP contribution in [-0.4, -0.2) is 18.3 Å². The molecule has 1 N–H and O–H groups in total. The maximum atomic E-state index is 12.3. The normalized spacial score (nSPS) is 11.3. The highest BCUT2D eigenvalue weighted by molar-refractivity contribution is 5.94. The third-order valence-corrected chi connectivity index (χ3v) is 4.05. The maximum Gasteiger partial charge on any atom is 0.265 e. The summed E-state index contributed by atoms with van der Waals surface area (Å²) < 4.78 is 11.3. The van der Waals surface area contributed by atoms with E-state index in [9.17, 15) is 9.59 Å². The van der Waals surface area contributed by atoms with Gasteiger partial charge in [-0.3, -0.25) is 9.59 Å². The van der Waals surface area contributed by atoms with E-state index >= 15 is 0 Å². The molecule has 0 saturated heterocycles. The second-order valence-electron chi connectivity index (χ2n) is 6.24. The van der Waals surface area contributed by atoms with E-state index in [4.69, 9.17) is 9.47 Å². The first-order valence-corrected chi connectivity index (χ1v) is 8.93. The molecule has 0 fully saturated rings. The Morgan fingerprint density at radius 3 is 2.43 bits per heavy atom. The van der Waals surface area contributed by atoms with Crippen LogP contribution in [0.5, 0.6) is 11.5 Å². The number of carbonyl (C=O) groups excluding carboxylic acids is 2. The van der Waals surface area contributed by atoms with Gasteiger partial charge in [0.05, 0.1) is 0 Å². The zero-order valence-corrected chi connectivity index (χ0v) is 15.5. The number of hydrogen-bond acceptors (Lipinski definition) is 4. The van der Waals surface area contributed by atoms with Crippen LogP contribution in [-0.2, 0) is 11.4 Å². The zero-order valence-electron chi connectivity index (χ0n) is 15.5. The van der Waals surface area contributed by atoms with Crippen molar-refractivity contribution in [2.24, 2.45) is 0 Å². The van der Waals surface area contributed by atoms with Crippen molar-refractivity contribution in [3.05, 3.63) is 90.0 Å². The first-order chi connectivity index (χ1) is 13.6. The third-order valence-electron chi connectivity index (χ3n) is 4.05. The average molecular weight is 375 g/mol. The summed E-state index contributed by atoms with van der Waals surface area (Å²) in [5.41, 5.74) is 2.23. The van der Waals surface area contributed by atoms with Gasteiger partial charge in [0.2, 0.25) is 0 Å². The van der Waals surface area contributed by atoms with Crippen molar-refractivity contribution in [1.82, 2.24) is 0 Å². The van der Waals surface area contributed by atoms with Gasteiger partial charge in [-0.1, -0.05) is 42.5 Å². The lowest BCUT2D eigenvalue weighted by Gasteiger charge is -2.15. The van der Waals surface area contributed by atoms with E-state index in [1.54, 1.807) is 55.5 Å². The highest BCUT2D eigenvalue weighted by Crippen LogP contribution is 2.18. The Hall–Kier alpha value is -3.60. The van der Waals surface area contributed by atoms with Crippen LogP contribution < -0.4 is 14.8 Å². The molecule has 0 bridgehead atoms. The predicted octanol–water partition coefficient (Wildman–Crippen LogP) is 4.48. The van der Waals surface area contributed by atoms with Gasteiger partial charge in [0.15, 0.2) is 6.10 Å². The van der Waals surface area contributed by atoms with E-state index in [1.807, 2.05) is 30.3 Å². The molecule has 3 rings (SSSR count). The molecule has 28 heavy (non-hydrogen) atoms. The summed E-state index contributed by atoms with van der Waals surface area (Å²) in [6.07, 6.45) is 0.0230. The average Bonchev–Trinajstić information content (AvgIpc) is 2.74. The monoisotopic (exact) mass is 375 g/mol. The largest absolute Gasteiger partial charge is 0.489 e. The van der Waals surface area contributed by atoms with Crippen molar-refractivity contribution < 1.29 is 19.1 Å². The minimum atomic E-state index is -0.712. The van der Waals surface area contributed by atoms with Crippen LogP contribution in [0, 0.1) is 0 Å². The van der Waals surface area contributed by atoms with Gasteiger partial charge in [-0.2, -0.15) is 0 Å². The molecule has 0 aromatic heterocycles. The molecular formula is C23H21NO4. The van der Waals surface area contributed by atoms with E-state index < -0.39 is 6.10 Å². The van der Waals surface area contributed by atoms with E-state index in [2.05, 4.69) is 5.32 Å². The van der Waals surface area contributed by atoms with Crippen LogP contribution in [0.4, 0.5) is 5.69 Å². The molecule has 5 heteroatoms. The second-order valence-corrected chi connectivity index (χ2v) is 6.24. The topological polar surface area (TPSA) is 64.6 Å². The summed E-state index contributed by atoms with van der Waals surface area (Å²) >= 11 is 0. The number of ether oxygens (including phenoxy) is 2. The van der Waals surface area contributed by atoms with E-state index in [0.717, 1.165) is 17.6 Å². The van der Waals surface area contributed by atoms with Gasteiger partial charge in [-0.25, -0.2) is 0 Å². The van der Waals surface area contributed by atoms with Crippen LogP contribution in [0.3, 0.4) is 0 Å². The number of nitrogens with one attached hydrogen (secondary N) is 1. The van der Waals surface area contributed by atoms with Crippen molar-refractivity contribution in [3.8, 4) is 11.5 Å². The number of aldehydes is 1. The Morgan fingerprint density at radius 2 is 1.71 bits per heavy atom. The van der Waals surface area contributed by atoms with E-state index in [1.165, 1.54) is 0 Å². The zero-order chi connectivity index (χ0) is 19.8. The summed E-state index contributed by atoms with van der Waals surface area (Å²) in [4.78, 5) is 23.2. The standard InChI is InChI=1S/C23H21NO4/c1-17(28-22-9-5-8-19(14-22)15-25)23(26)24-20-10-12-21(13-11-20)27-16-18-6-3-2-4-7-18/h2-15,17H,16H2,1H3,(H,24,26)/t17-/m1/s1. The van der Waals surface area contributed by atoms with Gasteiger partial charge < -0.3 is 14.8 Å². The highest BCUT2D eigenvalue weighted by Gasteiger charge is 2.15. The number of carbonyl (C=O) groups is 2. The predicted molar refractivity (Wildman–Crippen MR) is 108 cm³/mol. The molecule has 0 radical (unpaired) electrons. The highest BCUT2D eigenvalue weighted by atomic mass is 16.5. The van der Waals surface area contributed by atoms with E-state index in [0.29, 0.717) is 23.6 Å². The number of benzene rings is 3. The summed E-state index contributed by atoms with van der Waals surface area (Å²) in [6, 6.07) is 23.7. The molecule has 0 saturated carbocycles. The van der Waals surface area contributed by atoms with Crippen molar-refractivity contribution in [1.29, 1.82) is 0 Å². The lowest BCUT2D eigenvalue weighted by molar-refractivity contribution is -0.122. The lowest BCUT2D eigenvalue weighted by atomic mass is 10.2. The molecular weight excluding hydrogens is 354 g/mol. The van der Waals surface area contributed by atoms with Crippen molar-refractivity contribution in [2.45, 2.75) is 19.6 Å². The molecule has 3 aromatic rings. The van der Waals surface area contributed by atoms with Crippen molar-refractivity contribution >= 4 is 17.9 Å². The summed E-state index contributed by atoms with van der Waals surface area (Å²) in [6.45, 7) is 2.14. The van der Waals surface area contributed by atoms with E-state index in [-0.39, 0.29) is 5.91 Å². The molecule has 5 nitrogen and oxygen atoms in total. The number of amides is 1. The molecule has 0 aliphatic rings. The number of rotatable bonds is 8. The van der Waals surface area contributed by atoms with Crippen molar-refractivity contribution in [3.63, 3.8) is 0 Å². The van der Waals surface area contributed by atoms with Gasteiger partial charge >= 0.3 is 0 Å². The Balaban J connectivity index is 1.52. The molecule has 1 atom stereocenters. The molecule has 0 aliphatic carbocycles. The minimum absolute atomic E-state index is 0.283. The fraction of sp³-hybridized carbons (Fsp3) is 0.130. The molecule has 0 heterocycles. The van der Waals surface area contributed by atoms with Crippen LogP contribution in [0.25, 0.3) is 0 Å². The van der Waals surface area contributed by atoms with Crippen LogP contribution in [0.1, 0.15) is 22.8 Å².